The summed E-state index contributed by atoms with van der Waals surface area (Å²) in [6, 6.07) is 4.15. The van der Waals surface area contributed by atoms with E-state index in [2.05, 4.69) is 27.3 Å². The first-order valence-electron chi connectivity index (χ1n) is 7.81. The Morgan fingerprint density at radius 3 is 2.92 bits per heavy atom. The number of thioether (sulfide) groups is 1. The number of hydrogen-bond acceptors (Lipinski definition) is 7. The molecule has 1 unspecified atom stereocenters. The molecule has 25 heavy (non-hydrogen) atoms. The van der Waals surface area contributed by atoms with Crippen molar-refractivity contribution in [2.24, 2.45) is 0 Å². The van der Waals surface area contributed by atoms with Crippen LogP contribution in [0.2, 0.25) is 0 Å². The van der Waals surface area contributed by atoms with Gasteiger partial charge in [-0.2, -0.15) is 5.10 Å². The van der Waals surface area contributed by atoms with E-state index in [0.29, 0.717) is 26.2 Å². The molecule has 0 amide bonds. The molecular weight excluding hydrogens is 343 g/mol. The minimum atomic E-state index is 0.275. The second-order valence-corrected chi connectivity index (χ2v) is 6.15. The molecule has 1 aliphatic heterocycles. The molecule has 136 valence electrons. The van der Waals surface area contributed by atoms with Gasteiger partial charge in [0.05, 0.1) is 32.6 Å². The number of H-pyrrole nitrogens is 1. The van der Waals surface area contributed by atoms with Crippen LogP contribution in [-0.2, 0) is 4.74 Å². The van der Waals surface area contributed by atoms with E-state index in [1.165, 1.54) is 6.21 Å². The van der Waals surface area contributed by atoms with Crippen LogP contribution in [0.1, 0.15) is 12.5 Å². The van der Waals surface area contributed by atoms with Crippen molar-refractivity contribution in [3.8, 4) is 0 Å². The number of aromatic nitrogens is 3. The van der Waals surface area contributed by atoms with E-state index in [9.17, 15) is 4.39 Å². The predicted octanol–water partition coefficient (Wildman–Crippen LogP) is 3.08. The number of pyridine rings is 1. The smallest absolute Gasteiger partial charge is 0.143 e. The van der Waals surface area contributed by atoms with Crippen molar-refractivity contribution in [3.05, 3.63) is 23.9 Å². The molecule has 1 fully saturated rings. The average molecular weight is 366 g/mol. The highest BCUT2D eigenvalue weighted by Gasteiger charge is 2.22. The van der Waals surface area contributed by atoms with E-state index in [-0.39, 0.29) is 6.04 Å². The first kappa shape index (κ1) is 19.2. The monoisotopic (exact) mass is 366 g/mol. The second-order valence-electron chi connectivity index (χ2n) is 5.30. The number of halogens is 1. The summed E-state index contributed by atoms with van der Waals surface area (Å²) in [5.41, 5.74) is 0.775. The van der Waals surface area contributed by atoms with Gasteiger partial charge in [-0.15, -0.1) is 11.8 Å². The molecular formula is C16H23FN6OS. The zero-order valence-corrected chi connectivity index (χ0v) is 15.4. The summed E-state index contributed by atoms with van der Waals surface area (Å²) < 4.78 is 15.0. The molecule has 3 heterocycles. The number of morpholine rings is 1. The van der Waals surface area contributed by atoms with Crippen molar-refractivity contribution in [1.29, 1.82) is 5.41 Å². The van der Waals surface area contributed by atoms with Crippen LogP contribution in [0.4, 0.5) is 21.8 Å². The van der Waals surface area contributed by atoms with Crippen molar-refractivity contribution >= 4 is 35.4 Å². The fourth-order valence-electron chi connectivity index (χ4n) is 2.59. The number of ether oxygens (including phenoxy) is 1. The Morgan fingerprint density at radius 2 is 2.32 bits per heavy atom. The fraction of sp³-hybridized carbons (Fsp3) is 0.438. The second kappa shape index (κ2) is 9.38. The van der Waals surface area contributed by atoms with Gasteiger partial charge in [0.25, 0.3) is 0 Å². The summed E-state index contributed by atoms with van der Waals surface area (Å²) in [7, 11) is 0.500. The SMILES string of the molecule is CF.CSc1cc(N2CCOCC2C)nc(Nc2ccn[nH]2)c1C=N. The van der Waals surface area contributed by atoms with Crippen molar-refractivity contribution in [2.75, 3.05) is 43.4 Å². The van der Waals surface area contributed by atoms with Gasteiger partial charge in [0.15, 0.2) is 0 Å². The van der Waals surface area contributed by atoms with Crippen LogP contribution in [-0.4, -0.2) is 60.6 Å². The molecule has 7 nitrogen and oxygen atoms in total. The lowest BCUT2D eigenvalue weighted by Crippen LogP contribution is -2.44. The van der Waals surface area contributed by atoms with Gasteiger partial charge in [0, 0.05) is 29.3 Å². The minimum Gasteiger partial charge on any atom is -0.377 e. The maximum absolute atomic E-state index is 9.50. The lowest BCUT2D eigenvalue weighted by molar-refractivity contribution is 0.0985. The molecule has 1 saturated heterocycles. The topological polar surface area (TPSA) is 89.9 Å². The number of anilines is 3. The minimum absolute atomic E-state index is 0.275. The van der Waals surface area contributed by atoms with E-state index >= 15 is 0 Å². The van der Waals surface area contributed by atoms with Gasteiger partial charge in [-0.05, 0) is 19.2 Å². The van der Waals surface area contributed by atoms with E-state index in [0.717, 1.165) is 28.6 Å². The summed E-state index contributed by atoms with van der Waals surface area (Å²) in [4.78, 5) is 8.01. The van der Waals surface area contributed by atoms with Crippen LogP contribution in [0.15, 0.2) is 23.2 Å². The van der Waals surface area contributed by atoms with Gasteiger partial charge < -0.3 is 20.4 Å². The molecule has 3 N–H and O–H groups in total. The third kappa shape index (κ3) is 4.49. The first-order valence-corrected chi connectivity index (χ1v) is 9.03. The Balaban J connectivity index is 0.00000109. The molecule has 0 saturated carbocycles. The molecule has 3 rings (SSSR count). The molecule has 0 aliphatic carbocycles. The van der Waals surface area contributed by atoms with Crippen LogP contribution < -0.4 is 10.2 Å². The molecule has 0 radical (unpaired) electrons. The number of aromatic amines is 1. The molecule has 9 heteroatoms. The maximum atomic E-state index is 9.50. The summed E-state index contributed by atoms with van der Waals surface area (Å²) in [5.74, 6) is 2.31. The average Bonchev–Trinajstić information content (AvgIpc) is 3.16. The zero-order valence-electron chi connectivity index (χ0n) is 14.5. The summed E-state index contributed by atoms with van der Waals surface area (Å²) in [5, 5.41) is 17.8. The molecule has 1 atom stereocenters. The predicted molar refractivity (Wildman–Crippen MR) is 100 cm³/mol. The molecule has 0 aromatic carbocycles. The number of nitrogens with zero attached hydrogens (tertiary/aromatic N) is 3. The van der Waals surface area contributed by atoms with E-state index in [4.69, 9.17) is 15.1 Å². The number of rotatable bonds is 5. The highest BCUT2D eigenvalue weighted by Crippen LogP contribution is 2.31. The highest BCUT2D eigenvalue weighted by molar-refractivity contribution is 7.98. The lowest BCUT2D eigenvalue weighted by atomic mass is 10.2. The number of nitrogens with one attached hydrogen (secondary N) is 3. The van der Waals surface area contributed by atoms with Crippen molar-refractivity contribution in [1.82, 2.24) is 15.2 Å². The van der Waals surface area contributed by atoms with E-state index in [1.807, 2.05) is 18.4 Å². The van der Waals surface area contributed by atoms with Crippen molar-refractivity contribution < 1.29 is 9.13 Å². The molecule has 0 bridgehead atoms. The van der Waals surface area contributed by atoms with Gasteiger partial charge >= 0.3 is 0 Å². The van der Waals surface area contributed by atoms with Gasteiger partial charge in [0.1, 0.15) is 17.5 Å². The Bertz CT molecular complexity index is 682. The molecule has 2 aromatic heterocycles. The Morgan fingerprint density at radius 1 is 1.52 bits per heavy atom. The summed E-state index contributed by atoms with van der Waals surface area (Å²) >= 11 is 1.61. The van der Waals surface area contributed by atoms with Crippen LogP contribution in [0, 0.1) is 5.41 Å². The van der Waals surface area contributed by atoms with Gasteiger partial charge in [-0.25, -0.2) is 4.98 Å². The van der Waals surface area contributed by atoms with E-state index < -0.39 is 0 Å². The molecule has 0 spiro atoms. The van der Waals surface area contributed by atoms with Crippen molar-refractivity contribution in [2.45, 2.75) is 17.9 Å². The van der Waals surface area contributed by atoms with Crippen molar-refractivity contribution in [3.63, 3.8) is 0 Å². The normalized spacial score (nSPS) is 16.8. The lowest BCUT2D eigenvalue weighted by Gasteiger charge is -2.34. The number of alkyl halides is 1. The maximum Gasteiger partial charge on any atom is 0.143 e. The highest BCUT2D eigenvalue weighted by atomic mass is 32.2. The van der Waals surface area contributed by atoms with Crippen LogP contribution >= 0.6 is 11.8 Å². The Kier molecular flexibility index (Phi) is 7.20. The fourth-order valence-corrected chi connectivity index (χ4v) is 3.19. The van der Waals surface area contributed by atoms with Gasteiger partial charge in [0.2, 0.25) is 0 Å². The Labute approximate surface area is 150 Å². The van der Waals surface area contributed by atoms with Gasteiger partial charge in [-0.3, -0.25) is 9.49 Å². The van der Waals surface area contributed by atoms with Crippen LogP contribution in [0.5, 0.6) is 0 Å². The zero-order chi connectivity index (χ0) is 18.2. The number of hydrogen-bond donors (Lipinski definition) is 3. The third-order valence-electron chi connectivity index (χ3n) is 3.79. The van der Waals surface area contributed by atoms with Crippen LogP contribution in [0.25, 0.3) is 0 Å². The summed E-state index contributed by atoms with van der Waals surface area (Å²) in [6.45, 7) is 4.35. The summed E-state index contributed by atoms with van der Waals surface area (Å²) in [6.07, 6.45) is 5.02. The Hall–Kier alpha value is -2.13. The largest absolute Gasteiger partial charge is 0.377 e. The molecule has 2 aromatic rings. The molecule has 1 aliphatic rings. The third-order valence-corrected chi connectivity index (χ3v) is 4.56. The van der Waals surface area contributed by atoms with E-state index in [1.54, 1.807) is 18.0 Å². The van der Waals surface area contributed by atoms with Crippen LogP contribution in [0.3, 0.4) is 0 Å². The standard InChI is InChI=1S/C15H20N6OS.CH3F/c1-10-9-22-6-5-21(10)14-7-12(23-2)11(8-16)15(19-14)18-13-3-4-17-20-13;1-2/h3-4,7-8,10,16H,5-6,9H2,1-2H3,(H2,17,18,19,20);1H3. The quantitative estimate of drug-likeness (QED) is 0.557. The van der Waals surface area contributed by atoms with Gasteiger partial charge in [-0.1, -0.05) is 0 Å². The first-order chi connectivity index (χ1) is 12.2.